The van der Waals surface area contributed by atoms with E-state index in [1.807, 2.05) is 13.8 Å². The zero-order valence-electron chi connectivity index (χ0n) is 12.2. The van der Waals surface area contributed by atoms with Crippen molar-refractivity contribution >= 4 is 0 Å². The van der Waals surface area contributed by atoms with E-state index in [-0.39, 0.29) is 11.5 Å². The van der Waals surface area contributed by atoms with Gasteiger partial charge in [0, 0.05) is 6.04 Å². The Bertz CT molecular complexity index is 491. The minimum absolute atomic E-state index is 0.188. The molecule has 0 saturated heterocycles. The number of phenols is 1. The second-order valence-corrected chi connectivity index (χ2v) is 6.30. The van der Waals surface area contributed by atoms with E-state index in [0.29, 0.717) is 5.75 Å². The monoisotopic (exact) mass is 247 g/mol. The Hall–Kier alpha value is -1.02. The first-order valence-electron chi connectivity index (χ1n) is 6.84. The van der Waals surface area contributed by atoms with E-state index < -0.39 is 0 Å². The highest BCUT2D eigenvalue weighted by Crippen LogP contribution is 2.43. The highest BCUT2D eigenvalue weighted by atomic mass is 16.3. The minimum Gasteiger partial charge on any atom is -0.507 e. The molecule has 1 aliphatic carbocycles. The molecule has 1 aromatic rings. The van der Waals surface area contributed by atoms with Crippen LogP contribution in [0, 0.1) is 26.2 Å². The van der Waals surface area contributed by atoms with Crippen LogP contribution >= 0.6 is 0 Å². The van der Waals surface area contributed by atoms with Crippen LogP contribution in [-0.4, -0.2) is 11.1 Å². The zero-order chi connectivity index (χ0) is 13.7. The van der Waals surface area contributed by atoms with Crippen molar-refractivity contribution < 1.29 is 5.11 Å². The summed E-state index contributed by atoms with van der Waals surface area (Å²) in [6, 6.07) is 0.208. The van der Waals surface area contributed by atoms with Gasteiger partial charge in [0.2, 0.25) is 0 Å². The maximum absolute atomic E-state index is 10.2. The third-order valence-corrected chi connectivity index (χ3v) is 5.17. The largest absolute Gasteiger partial charge is 0.507 e. The minimum atomic E-state index is 0.188. The van der Waals surface area contributed by atoms with Gasteiger partial charge in [-0.05, 0) is 80.2 Å². The zero-order valence-corrected chi connectivity index (χ0v) is 12.2. The number of hydrogen-bond donors (Lipinski definition) is 2. The number of phenolic OH excluding ortho intramolecular Hbond substituents is 1. The first kappa shape index (κ1) is 13.4. The molecule has 2 heteroatoms. The van der Waals surface area contributed by atoms with Gasteiger partial charge in [0.1, 0.15) is 5.75 Å². The Morgan fingerprint density at radius 2 is 1.72 bits per heavy atom. The number of benzene rings is 1. The molecule has 0 amide bonds. The van der Waals surface area contributed by atoms with Crippen molar-refractivity contribution in [2.75, 3.05) is 0 Å². The molecule has 0 fully saturated rings. The molecule has 0 heterocycles. The van der Waals surface area contributed by atoms with Gasteiger partial charge >= 0.3 is 0 Å². The van der Waals surface area contributed by atoms with Crippen LogP contribution in [0.3, 0.4) is 0 Å². The summed E-state index contributed by atoms with van der Waals surface area (Å²) in [5.74, 6) is 0.482. The van der Waals surface area contributed by atoms with Crippen LogP contribution in [0.4, 0.5) is 0 Å². The number of hydrogen-bond acceptors (Lipinski definition) is 2. The van der Waals surface area contributed by atoms with E-state index in [1.165, 1.54) is 16.7 Å². The quantitative estimate of drug-likeness (QED) is 0.800. The lowest BCUT2D eigenvalue weighted by atomic mass is 9.67. The van der Waals surface area contributed by atoms with Crippen LogP contribution in [0.2, 0.25) is 0 Å². The Balaban J connectivity index is 2.57. The fourth-order valence-corrected chi connectivity index (χ4v) is 3.15. The van der Waals surface area contributed by atoms with E-state index in [1.54, 1.807) is 0 Å². The van der Waals surface area contributed by atoms with Crippen molar-refractivity contribution in [3.8, 4) is 5.75 Å². The number of nitrogens with two attached hydrogens (primary N) is 1. The van der Waals surface area contributed by atoms with Crippen molar-refractivity contribution in [3.63, 3.8) is 0 Å². The van der Waals surface area contributed by atoms with Gasteiger partial charge < -0.3 is 10.8 Å². The lowest BCUT2D eigenvalue weighted by molar-refractivity contribution is 0.229. The normalized spacial score (nSPS) is 24.8. The van der Waals surface area contributed by atoms with E-state index >= 15 is 0 Å². The number of aromatic hydroxyl groups is 1. The van der Waals surface area contributed by atoms with Gasteiger partial charge in [0.15, 0.2) is 0 Å². The Labute approximate surface area is 110 Å². The number of fused-ring (bicyclic) bond motifs is 1. The van der Waals surface area contributed by atoms with Crippen molar-refractivity contribution in [1.82, 2.24) is 0 Å². The van der Waals surface area contributed by atoms with Gasteiger partial charge in [-0.3, -0.25) is 0 Å². The summed E-state index contributed by atoms with van der Waals surface area (Å²) in [4.78, 5) is 0. The van der Waals surface area contributed by atoms with Gasteiger partial charge in [0.25, 0.3) is 0 Å². The fourth-order valence-electron chi connectivity index (χ4n) is 3.15. The van der Waals surface area contributed by atoms with E-state index in [4.69, 9.17) is 5.73 Å². The summed E-state index contributed by atoms with van der Waals surface area (Å²) in [5, 5.41) is 10.2. The molecule has 1 aliphatic rings. The Morgan fingerprint density at radius 3 is 2.28 bits per heavy atom. The predicted octanol–water partition coefficient (Wildman–Crippen LogP) is 3.16. The summed E-state index contributed by atoms with van der Waals surface area (Å²) >= 11 is 0. The summed E-state index contributed by atoms with van der Waals surface area (Å²) in [6.45, 7) is 10.6. The molecule has 2 rings (SSSR count). The summed E-state index contributed by atoms with van der Waals surface area (Å²) in [7, 11) is 0. The van der Waals surface area contributed by atoms with E-state index in [9.17, 15) is 5.11 Å². The van der Waals surface area contributed by atoms with Crippen LogP contribution in [0.15, 0.2) is 0 Å². The van der Waals surface area contributed by atoms with E-state index in [0.717, 1.165) is 30.4 Å². The second-order valence-electron chi connectivity index (χ2n) is 6.30. The van der Waals surface area contributed by atoms with Gasteiger partial charge in [0.05, 0.1) is 0 Å². The average Bonchev–Trinajstić information content (AvgIpc) is 2.33. The average molecular weight is 247 g/mol. The molecule has 0 aliphatic heterocycles. The second kappa shape index (κ2) is 4.27. The van der Waals surface area contributed by atoms with Crippen molar-refractivity contribution in [1.29, 1.82) is 0 Å². The lowest BCUT2D eigenvalue weighted by Crippen LogP contribution is -2.41. The fraction of sp³-hybridized carbons (Fsp3) is 0.625. The number of rotatable bonds is 1. The standard InChI is InChI=1S/C16H25NO/c1-9-10(2)15(18)11(3)13-6-7-16(5,12(4)17)8-14(9)13/h12,18H,6-8,17H2,1-5H3. The smallest absolute Gasteiger partial charge is 0.121 e. The highest BCUT2D eigenvalue weighted by Gasteiger charge is 2.35. The molecule has 18 heavy (non-hydrogen) atoms. The molecule has 100 valence electrons. The molecule has 0 spiro atoms. The van der Waals surface area contributed by atoms with Gasteiger partial charge in [-0.2, -0.15) is 0 Å². The topological polar surface area (TPSA) is 46.2 Å². The van der Waals surface area contributed by atoms with Crippen LogP contribution in [0.5, 0.6) is 5.75 Å². The molecule has 0 radical (unpaired) electrons. The molecule has 2 atom stereocenters. The van der Waals surface area contributed by atoms with Crippen molar-refractivity contribution in [3.05, 3.63) is 27.8 Å². The first-order valence-corrected chi connectivity index (χ1v) is 6.84. The maximum atomic E-state index is 10.2. The molecule has 0 saturated carbocycles. The SMILES string of the molecule is Cc1c(C)c2c(c(C)c1O)CCC(C)(C(C)N)C2. The van der Waals surface area contributed by atoms with Gasteiger partial charge in [-0.15, -0.1) is 0 Å². The van der Waals surface area contributed by atoms with E-state index in [2.05, 4.69) is 20.8 Å². The predicted molar refractivity (Wildman–Crippen MR) is 76.1 cm³/mol. The Kier molecular flexibility index (Phi) is 3.18. The van der Waals surface area contributed by atoms with Gasteiger partial charge in [-0.1, -0.05) is 6.92 Å². The Morgan fingerprint density at radius 1 is 1.11 bits per heavy atom. The van der Waals surface area contributed by atoms with Crippen LogP contribution < -0.4 is 5.73 Å². The first-order chi connectivity index (χ1) is 8.28. The van der Waals surface area contributed by atoms with Gasteiger partial charge in [-0.25, -0.2) is 0 Å². The van der Waals surface area contributed by atoms with Crippen molar-refractivity contribution in [2.24, 2.45) is 11.1 Å². The third kappa shape index (κ3) is 1.83. The summed E-state index contributed by atoms with van der Waals surface area (Å²) in [5.41, 5.74) is 12.5. The highest BCUT2D eigenvalue weighted by molar-refractivity contribution is 5.55. The molecule has 1 aromatic carbocycles. The molecule has 2 nitrogen and oxygen atoms in total. The molecule has 3 N–H and O–H groups in total. The summed E-state index contributed by atoms with van der Waals surface area (Å²) < 4.78 is 0. The maximum Gasteiger partial charge on any atom is 0.121 e. The lowest BCUT2D eigenvalue weighted by Gasteiger charge is -2.40. The van der Waals surface area contributed by atoms with Crippen LogP contribution in [0.25, 0.3) is 0 Å². The third-order valence-electron chi connectivity index (χ3n) is 5.17. The molecule has 2 unspecified atom stereocenters. The molecular weight excluding hydrogens is 222 g/mol. The summed E-state index contributed by atoms with van der Waals surface area (Å²) in [6.07, 6.45) is 3.18. The molecule has 0 aromatic heterocycles. The molecule has 0 bridgehead atoms. The van der Waals surface area contributed by atoms with Crippen LogP contribution in [-0.2, 0) is 12.8 Å². The molecular formula is C16H25NO. The van der Waals surface area contributed by atoms with Crippen LogP contribution in [0.1, 0.15) is 48.1 Å². The van der Waals surface area contributed by atoms with Crippen molar-refractivity contribution in [2.45, 2.75) is 59.9 Å².